The summed E-state index contributed by atoms with van der Waals surface area (Å²) in [5.74, 6) is -0.786. The van der Waals surface area contributed by atoms with E-state index < -0.39 is 28.6 Å². The van der Waals surface area contributed by atoms with E-state index in [0.717, 1.165) is 24.6 Å². The number of hydrogen-bond acceptors (Lipinski definition) is 10. The zero-order valence-electron chi connectivity index (χ0n) is 18.4. The van der Waals surface area contributed by atoms with Crippen molar-refractivity contribution in [3.8, 4) is 0 Å². The molecular weight excluding hydrogens is 474 g/mol. The summed E-state index contributed by atoms with van der Waals surface area (Å²) in [6, 6.07) is 4.53. The highest BCUT2D eigenvalue weighted by atomic mass is 32.2. The first-order valence-corrected chi connectivity index (χ1v) is 12.7. The third-order valence-corrected chi connectivity index (χ3v) is 6.22. The quantitative estimate of drug-likeness (QED) is 0.241. The van der Waals surface area contributed by atoms with Gasteiger partial charge in [0.05, 0.1) is 38.1 Å². The Bertz CT molecular complexity index is 984. The van der Waals surface area contributed by atoms with E-state index in [1.165, 1.54) is 25.0 Å². The number of fused-ring (bicyclic) bond motifs is 1. The molecule has 184 valence electrons. The fraction of sp³-hybridized carbons (Fsp3) is 0.579. The van der Waals surface area contributed by atoms with Gasteiger partial charge in [-0.15, -0.1) is 0 Å². The Balaban J connectivity index is 1.54. The molecule has 1 aromatic heterocycles. The van der Waals surface area contributed by atoms with E-state index in [0.29, 0.717) is 25.3 Å². The van der Waals surface area contributed by atoms with Crippen molar-refractivity contribution in [1.82, 2.24) is 24.3 Å². The van der Waals surface area contributed by atoms with Gasteiger partial charge >= 0.3 is 6.09 Å². The van der Waals surface area contributed by atoms with E-state index in [2.05, 4.69) is 25.8 Å². The van der Waals surface area contributed by atoms with Crippen molar-refractivity contribution in [2.45, 2.75) is 37.5 Å². The zero-order chi connectivity index (χ0) is 23.9. The summed E-state index contributed by atoms with van der Waals surface area (Å²) in [6.45, 7) is 3.28. The molecule has 2 aromatic rings. The van der Waals surface area contributed by atoms with Gasteiger partial charge < -0.3 is 14.2 Å². The van der Waals surface area contributed by atoms with Crippen LogP contribution in [0.3, 0.4) is 0 Å². The third kappa shape index (κ3) is 9.96. The minimum absolute atomic E-state index is 0.0173. The normalized spacial score (nSPS) is 11.4. The van der Waals surface area contributed by atoms with Crippen LogP contribution in [0.2, 0.25) is 0 Å². The van der Waals surface area contributed by atoms with Crippen molar-refractivity contribution in [3.05, 3.63) is 18.2 Å². The van der Waals surface area contributed by atoms with Gasteiger partial charge in [-0.3, -0.25) is 10.2 Å². The molecule has 0 fully saturated rings. The molecule has 0 spiro atoms. The molecule has 0 bridgehead atoms. The molecule has 2 amide bonds. The third-order valence-electron chi connectivity index (χ3n) is 4.24. The summed E-state index contributed by atoms with van der Waals surface area (Å²) in [7, 11) is -4.00. The molecular formula is C19H29N5O7S2. The second kappa shape index (κ2) is 14.7. The number of sulfonamides is 1. The standard InChI is InChI=1S/C19H29N5O7S2/c1-2-3-4-5-9-29-10-11-30-12-13-31-19(26)22-21-17(25)14-20-33(27,28)16-8-6-7-15-18(16)24-32-23-15/h6-8,20H,2-5,9-14H2,1H3,(H,21,25)(H,22,26). The summed E-state index contributed by atoms with van der Waals surface area (Å²) in [4.78, 5) is 23.3. The minimum Gasteiger partial charge on any atom is -0.446 e. The summed E-state index contributed by atoms with van der Waals surface area (Å²) < 4.78 is 50.5. The average Bonchev–Trinajstić information content (AvgIpc) is 3.29. The first-order valence-electron chi connectivity index (χ1n) is 10.5. The molecule has 0 radical (unpaired) electrons. The van der Waals surface area contributed by atoms with Gasteiger partial charge in [0.15, 0.2) is 0 Å². The number of carbonyl (C=O) groups excluding carboxylic acids is 2. The number of amides is 2. The molecule has 0 aliphatic carbocycles. The van der Waals surface area contributed by atoms with Gasteiger partial charge in [-0.25, -0.2) is 23.4 Å². The largest absolute Gasteiger partial charge is 0.446 e. The van der Waals surface area contributed by atoms with Crippen LogP contribution in [0.4, 0.5) is 4.79 Å². The van der Waals surface area contributed by atoms with Crippen molar-refractivity contribution in [1.29, 1.82) is 0 Å². The maximum Gasteiger partial charge on any atom is 0.426 e. The number of rotatable bonds is 15. The highest BCUT2D eigenvalue weighted by Gasteiger charge is 2.20. The molecule has 0 aliphatic heterocycles. The van der Waals surface area contributed by atoms with Crippen molar-refractivity contribution >= 4 is 44.8 Å². The Morgan fingerprint density at radius 3 is 2.52 bits per heavy atom. The lowest BCUT2D eigenvalue weighted by Gasteiger charge is -2.10. The molecule has 0 saturated carbocycles. The summed E-state index contributed by atoms with van der Waals surface area (Å²) in [5, 5.41) is 0. The maximum atomic E-state index is 12.4. The Morgan fingerprint density at radius 2 is 1.73 bits per heavy atom. The van der Waals surface area contributed by atoms with Crippen LogP contribution in [0.1, 0.15) is 32.6 Å². The van der Waals surface area contributed by atoms with Crippen LogP contribution >= 0.6 is 11.7 Å². The number of hydrazine groups is 1. The van der Waals surface area contributed by atoms with E-state index in [4.69, 9.17) is 14.2 Å². The number of carbonyl (C=O) groups is 2. The lowest BCUT2D eigenvalue weighted by Crippen LogP contribution is -2.46. The number of benzene rings is 1. The van der Waals surface area contributed by atoms with Crippen LogP contribution in [0.25, 0.3) is 11.0 Å². The molecule has 0 saturated heterocycles. The smallest absolute Gasteiger partial charge is 0.426 e. The summed E-state index contributed by atoms with van der Waals surface area (Å²) in [5.41, 5.74) is 4.73. The van der Waals surface area contributed by atoms with Gasteiger partial charge in [-0.05, 0) is 18.6 Å². The van der Waals surface area contributed by atoms with Crippen LogP contribution in [-0.4, -0.2) is 68.7 Å². The Hall–Kier alpha value is -2.39. The number of nitrogens with zero attached hydrogens (tertiary/aromatic N) is 2. The number of aromatic nitrogens is 2. The van der Waals surface area contributed by atoms with Gasteiger partial charge in [0.2, 0.25) is 10.0 Å². The number of ether oxygens (including phenoxy) is 3. The average molecular weight is 504 g/mol. The fourth-order valence-electron chi connectivity index (χ4n) is 2.58. The Kier molecular flexibility index (Phi) is 12.0. The van der Waals surface area contributed by atoms with Crippen LogP contribution < -0.4 is 15.6 Å². The molecule has 12 nitrogen and oxygen atoms in total. The lowest BCUT2D eigenvalue weighted by atomic mass is 10.2. The monoisotopic (exact) mass is 503 g/mol. The molecule has 0 unspecified atom stereocenters. The van der Waals surface area contributed by atoms with Gasteiger partial charge in [0.1, 0.15) is 22.5 Å². The molecule has 14 heteroatoms. The second-order valence-electron chi connectivity index (χ2n) is 6.81. The van der Waals surface area contributed by atoms with E-state index in [1.54, 1.807) is 6.07 Å². The predicted molar refractivity (Wildman–Crippen MR) is 121 cm³/mol. The van der Waals surface area contributed by atoms with E-state index in [9.17, 15) is 18.0 Å². The molecule has 1 heterocycles. The minimum atomic E-state index is -4.00. The van der Waals surface area contributed by atoms with Crippen molar-refractivity contribution in [2.75, 3.05) is 39.6 Å². The number of nitrogens with one attached hydrogen (secondary N) is 3. The van der Waals surface area contributed by atoms with E-state index in [1.807, 2.05) is 5.43 Å². The Labute approximate surface area is 196 Å². The highest BCUT2D eigenvalue weighted by molar-refractivity contribution is 7.89. The highest BCUT2D eigenvalue weighted by Crippen LogP contribution is 2.20. The number of unbranched alkanes of at least 4 members (excludes halogenated alkanes) is 3. The molecule has 0 aliphatic rings. The molecule has 0 atom stereocenters. The van der Waals surface area contributed by atoms with E-state index in [-0.39, 0.29) is 23.6 Å². The van der Waals surface area contributed by atoms with Crippen LogP contribution in [-0.2, 0) is 29.0 Å². The topological polar surface area (TPSA) is 158 Å². The maximum absolute atomic E-state index is 12.4. The summed E-state index contributed by atoms with van der Waals surface area (Å²) >= 11 is 0.887. The first-order chi connectivity index (χ1) is 15.9. The van der Waals surface area contributed by atoms with Crippen molar-refractivity contribution in [2.24, 2.45) is 0 Å². The zero-order valence-corrected chi connectivity index (χ0v) is 20.0. The SMILES string of the molecule is CCCCCCOCCOCCOC(=O)NNC(=O)CNS(=O)(=O)c1cccc2nsnc12. The molecule has 2 rings (SSSR count). The number of hydrogen-bond donors (Lipinski definition) is 3. The van der Waals surface area contributed by atoms with Gasteiger partial charge in [-0.2, -0.15) is 8.75 Å². The van der Waals surface area contributed by atoms with Gasteiger partial charge in [0, 0.05) is 6.61 Å². The van der Waals surface area contributed by atoms with Gasteiger partial charge in [-0.1, -0.05) is 32.3 Å². The molecule has 1 aromatic carbocycles. The fourth-order valence-corrected chi connectivity index (χ4v) is 4.33. The van der Waals surface area contributed by atoms with Gasteiger partial charge in [0.25, 0.3) is 5.91 Å². The molecule has 3 N–H and O–H groups in total. The summed E-state index contributed by atoms with van der Waals surface area (Å²) in [6.07, 6.45) is 3.67. The van der Waals surface area contributed by atoms with Crippen molar-refractivity contribution < 1.29 is 32.2 Å². The first kappa shape index (κ1) is 26.9. The van der Waals surface area contributed by atoms with Crippen LogP contribution in [0.5, 0.6) is 0 Å². The predicted octanol–water partition coefficient (Wildman–Crippen LogP) is 1.34. The van der Waals surface area contributed by atoms with E-state index >= 15 is 0 Å². The van der Waals surface area contributed by atoms with Crippen molar-refractivity contribution in [3.63, 3.8) is 0 Å². The lowest BCUT2D eigenvalue weighted by molar-refractivity contribution is -0.120. The Morgan fingerprint density at radius 1 is 0.970 bits per heavy atom. The van der Waals surface area contributed by atoms with Crippen LogP contribution in [0.15, 0.2) is 23.1 Å². The second-order valence-corrected chi connectivity index (χ2v) is 9.07. The van der Waals surface area contributed by atoms with Crippen LogP contribution in [0, 0.1) is 0 Å². The molecule has 33 heavy (non-hydrogen) atoms.